The van der Waals surface area contributed by atoms with Crippen molar-refractivity contribution in [3.63, 3.8) is 0 Å². The number of aryl methyl sites for hydroxylation is 1. The van der Waals surface area contributed by atoms with E-state index in [1.807, 2.05) is 43.3 Å². The Balaban J connectivity index is 1.56. The Morgan fingerprint density at radius 1 is 1.03 bits per heavy atom. The van der Waals surface area contributed by atoms with E-state index in [9.17, 15) is 9.59 Å². The largest absolute Gasteiger partial charge is 0.347 e. The standard InChI is InChI=1S/C23H24N8O2/c1-15-3-5-16(6-4-15)11-21(32)29-20-12-19(27-14-28-20)23(33)26-13-17-7-9-18(10-8-17)22(30-24)31-25-2/h3-10,12,14H,2,11,13,24H2,1H3,(H,26,33)(H,30,31)(H,27,28,29,32). The molecule has 0 radical (unpaired) electrons. The quantitative estimate of drug-likeness (QED) is 0.180. The molecule has 0 saturated carbocycles. The topological polar surface area (TPSA) is 147 Å². The summed E-state index contributed by atoms with van der Waals surface area (Å²) < 4.78 is 0. The molecule has 1 aromatic heterocycles. The summed E-state index contributed by atoms with van der Waals surface area (Å²) in [7, 11) is 0. The molecule has 0 spiro atoms. The summed E-state index contributed by atoms with van der Waals surface area (Å²) in [6, 6.07) is 16.4. The number of amides is 2. The van der Waals surface area contributed by atoms with Gasteiger partial charge >= 0.3 is 0 Å². The van der Waals surface area contributed by atoms with Crippen LogP contribution in [0, 0.1) is 6.92 Å². The molecule has 0 saturated heterocycles. The van der Waals surface area contributed by atoms with Crippen molar-refractivity contribution in [1.82, 2.24) is 20.7 Å². The Bertz CT molecular complexity index is 1160. The predicted molar refractivity (Wildman–Crippen MR) is 127 cm³/mol. The number of rotatable bonds is 8. The lowest BCUT2D eigenvalue weighted by atomic mass is 10.1. The number of hydrogen-bond acceptors (Lipinski definition) is 7. The third-order valence-corrected chi connectivity index (χ3v) is 4.65. The number of hydrogen-bond donors (Lipinski definition) is 4. The van der Waals surface area contributed by atoms with Gasteiger partial charge in [0, 0.05) is 24.9 Å². The number of benzene rings is 2. The highest BCUT2D eigenvalue weighted by atomic mass is 16.2. The second-order valence-electron chi connectivity index (χ2n) is 7.13. The van der Waals surface area contributed by atoms with Gasteiger partial charge < -0.3 is 16.5 Å². The van der Waals surface area contributed by atoms with Gasteiger partial charge in [0.05, 0.1) is 6.42 Å². The molecule has 1 heterocycles. The van der Waals surface area contributed by atoms with E-state index in [2.05, 4.69) is 42.9 Å². The van der Waals surface area contributed by atoms with E-state index in [0.29, 0.717) is 5.84 Å². The van der Waals surface area contributed by atoms with Crippen LogP contribution in [0.1, 0.15) is 32.7 Å². The van der Waals surface area contributed by atoms with Crippen LogP contribution in [0.15, 0.2) is 71.1 Å². The van der Waals surface area contributed by atoms with E-state index in [-0.39, 0.29) is 30.4 Å². The second kappa shape index (κ2) is 11.1. The van der Waals surface area contributed by atoms with E-state index >= 15 is 0 Å². The summed E-state index contributed by atoms with van der Waals surface area (Å²) in [6.45, 7) is 5.60. The van der Waals surface area contributed by atoms with Gasteiger partial charge in [0.15, 0.2) is 5.84 Å². The normalized spacial score (nSPS) is 10.9. The van der Waals surface area contributed by atoms with Gasteiger partial charge in [-0.3, -0.25) is 15.0 Å². The third-order valence-electron chi connectivity index (χ3n) is 4.65. The highest BCUT2D eigenvalue weighted by molar-refractivity contribution is 5.98. The maximum absolute atomic E-state index is 12.5. The van der Waals surface area contributed by atoms with Crippen molar-refractivity contribution in [2.45, 2.75) is 19.9 Å². The first-order chi connectivity index (χ1) is 16.0. The molecule has 3 aromatic rings. The van der Waals surface area contributed by atoms with Crippen LogP contribution in [0.4, 0.5) is 5.82 Å². The van der Waals surface area contributed by atoms with Crippen LogP contribution < -0.4 is 21.9 Å². The predicted octanol–water partition coefficient (Wildman–Crippen LogP) is 1.72. The number of hydrazone groups is 2. The summed E-state index contributed by atoms with van der Waals surface area (Å²) >= 11 is 0. The lowest BCUT2D eigenvalue weighted by molar-refractivity contribution is -0.115. The smallest absolute Gasteiger partial charge is 0.270 e. The van der Waals surface area contributed by atoms with Crippen LogP contribution in [0.25, 0.3) is 0 Å². The minimum atomic E-state index is -0.391. The average molecular weight is 444 g/mol. The molecule has 10 nitrogen and oxygen atoms in total. The molecule has 33 heavy (non-hydrogen) atoms. The van der Waals surface area contributed by atoms with Gasteiger partial charge in [-0.2, -0.15) is 10.2 Å². The first-order valence-electron chi connectivity index (χ1n) is 10.0. The molecule has 0 atom stereocenters. The van der Waals surface area contributed by atoms with Crippen molar-refractivity contribution >= 4 is 30.2 Å². The lowest BCUT2D eigenvalue weighted by Gasteiger charge is -2.08. The fraction of sp³-hybridized carbons (Fsp3) is 0.130. The molecule has 0 unspecified atom stereocenters. The van der Waals surface area contributed by atoms with Crippen LogP contribution in [0.5, 0.6) is 0 Å². The summed E-state index contributed by atoms with van der Waals surface area (Å²) in [5.74, 6) is 5.33. The third kappa shape index (κ3) is 6.69. The zero-order valence-electron chi connectivity index (χ0n) is 18.1. The van der Waals surface area contributed by atoms with Gasteiger partial charge in [0.1, 0.15) is 17.8 Å². The van der Waals surface area contributed by atoms with E-state index < -0.39 is 5.91 Å². The highest BCUT2D eigenvalue weighted by Crippen LogP contribution is 2.09. The first-order valence-corrected chi connectivity index (χ1v) is 10.0. The lowest BCUT2D eigenvalue weighted by Crippen LogP contribution is -2.24. The molecule has 0 bridgehead atoms. The fourth-order valence-electron chi connectivity index (χ4n) is 2.92. The number of carbonyl (C=O) groups excluding carboxylic acids is 2. The zero-order valence-corrected chi connectivity index (χ0v) is 18.1. The molecule has 3 rings (SSSR count). The molecule has 5 N–H and O–H groups in total. The SMILES string of the molecule is C=NNC(=NN)c1ccc(CNC(=O)c2cc(NC(=O)Cc3ccc(C)cc3)ncn2)cc1. The van der Waals surface area contributed by atoms with E-state index in [4.69, 9.17) is 5.84 Å². The Morgan fingerprint density at radius 3 is 2.39 bits per heavy atom. The molecule has 10 heteroatoms. The molecule has 0 aliphatic rings. The minimum absolute atomic E-state index is 0.145. The van der Waals surface area contributed by atoms with Crippen molar-refractivity contribution in [3.8, 4) is 0 Å². The molecule has 2 amide bonds. The van der Waals surface area contributed by atoms with Crippen LogP contribution in [-0.2, 0) is 17.8 Å². The number of carbonyl (C=O) groups is 2. The first kappa shape index (κ1) is 23.1. The number of nitrogens with two attached hydrogens (primary N) is 1. The van der Waals surface area contributed by atoms with Crippen molar-refractivity contribution in [2.24, 2.45) is 16.0 Å². The van der Waals surface area contributed by atoms with Crippen LogP contribution >= 0.6 is 0 Å². The Morgan fingerprint density at radius 2 is 1.73 bits per heavy atom. The van der Waals surface area contributed by atoms with Gasteiger partial charge in [-0.1, -0.05) is 54.1 Å². The number of nitrogens with one attached hydrogen (secondary N) is 3. The number of amidine groups is 1. The molecular formula is C23H24N8O2. The van der Waals surface area contributed by atoms with Gasteiger partial charge in [-0.25, -0.2) is 9.97 Å². The molecule has 0 fully saturated rings. The van der Waals surface area contributed by atoms with Crippen molar-refractivity contribution in [2.75, 3.05) is 5.32 Å². The van der Waals surface area contributed by atoms with Crippen LogP contribution in [0.3, 0.4) is 0 Å². The maximum atomic E-state index is 12.5. The Kier molecular flexibility index (Phi) is 7.79. The Labute approximate surface area is 191 Å². The van der Waals surface area contributed by atoms with E-state index in [0.717, 1.165) is 22.3 Å². The molecule has 168 valence electrons. The number of nitrogens with zero attached hydrogens (tertiary/aromatic N) is 4. The van der Waals surface area contributed by atoms with Gasteiger partial charge in [0.25, 0.3) is 5.91 Å². The maximum Gasteiger partial charge on any atom is 0.270 e. The van der Waals surface area contributed by atoms with Crippen molar-refractivity contribution in [1.29, 1.82) is 0 Å². The van der Waals surface area contributed by atoms with Gasteiger partial charge in [0.2, 0.25) is 5.91 Å². The molecular weight excluding hydrogens is 420 g/mol. The molecule has 0 aliphatic heterocycles. The van der Waals surface area contributed by atoms with E-state index in [1.165, 1.54) is 12.4 Å². The summed E-state index contributed by atoms with van der Waals surface area (Å²) in [5.41, 5.74) is 6.33. The Hall–Kier alpha value is -4.60. The van der Waals surface area contributed by atoms with Crippen molar-refractivity contribution in [3.05, 3.63) is 88.9 Å². The molecule has 2 aromatic carbocycles. The second-order valence-corrected chi connectivity index (χ2v) is 7.13. The van der Waals surface area contributed by atoms with Gasteiger partial charge in [-0.05, 0) is 18.1 Å². The average Bonchev–Trinajstić information content (AvgIpc) is 2.83. The van der Waals surface area contributed by atoms with Crippen LogP contribution in [-0.4, -0.2) is 34.3 Å². The summed E-state index contributed by atoms with van der Waals surface area (Å²) in [6.07, 6.45) is 1.44. The highest BCUT2D eigenvalue weighted by Gasteiger charge is 2.11. The minimum Gasteiger partial charge on any atom is -0.347 e. The fourth-order valence-corrected chi connectivity index (χ4v) is 2.92. The van der Waals surface area contributed by atoms with Crippen LogP contribution in [0.2, 0.25) is 0 Å². The van der Waals surface area contributed by atoms with E-state index in [1.54, 1.807) is 12.1 Å². The van der Waals surface area contributed by atoms with Crippen molar-refractivity contribution < 1.29 is 9.59 Å². The van der Waals surface area contributed by atoms with Gasteiger partial charge in [-0.15, -0.1) is 0 Å². The monoisotopic (exact) mass is 444 g/mol. The number of aromatic nitrogens is 2. The summed E-state index contributed by atoms with van der Waals surface area (Å²) in [4.78, 5) is 32.8. The zero-order chi connectivity index (χ0) is 23.6. The summed E-state index contributed by atoms with van der Waals surface area (Å²) in [5, 5.41) is 12.6. The number of anilines is 1. The molecule has 0 aliphatic carbocycles.